The maximum Gasteiger partial charge on any atom is 0.345 e. The van der Waals surface area contributed by atoms with Gasteiger partial charge in [-0.05, 0) is 30.7 Å². The van der Waals surface area contributed by atoms with E-state index in [1.54, 1.807) is 25.1 Å². The van der Waals surface area contributed by atoms with Crippen LogP contribution in [-0.2, 0) is 15.6 Å². The first-order valence-corrected chi connectivity index (χ1v) is 8.50. The summed E-state index contributed by atoms with van der Waals surface area (Å²) in [7, 11) is -2.19. The molecule has 0 aliphatic heterocycles. The lowest BCUT2D eigenvalue weighted by atomic mass is 10.3. The van der Waals surface area contributed by atoms with Crippen LogP contribution in [0.1, 0.15) is 20.1 Å². The molecule has 0 saturated carbocycles. The van der Waals surface area contributed by atoms with Crippen LogP contribution in [0.15, 0.2) is 35.2 Å². The Labute approximate surface area is 126 Å². The third-order valence-corrected chi connectivity index (χ3v) is 5.76. The number of aromatic carboxylic acids is 1. The summed E-state index contributed by atoms with van der Waals surface area (Å²) in [5.41, 5.74) is 0.503. The number of benzene rings is 1. The number of sulfone groups is 1. The van der Waals surface area contributed by atoms with Crippen molar-refractivity contribution in [1.82, 2.24) is 0 Å². The average Bonchev–Trinajstić information content (AvgIpc) is 2.80. The highest BCUT2D eigenvalue weighted by atomic mass is 32.2. The van der Waals surface area contributed by atoms with Gasteiger partial charge in [-0.2, -0.15) is 0 Å². The number of rotatable bonds is 5. The van der Waals surface area contributed by atoms with Crippen molar-refractivity contribution in [3.63, 3.8) is 0 Å². The van der Waals surface area contributed by atoms with Gasteiger partial charge < -0.3 is 9.84 Å². The van der Waals surface area contributed by atoms with Crippen molar-refractivity contribution in [2.24, 2.45) is 0 Å². The number of aryl methyl sites for hydroxylation is 1. The predicted octanol–water partition coefficient (Wildman–Crippen LogP) is 2.74. The molecule has 1 aromatic carbocycles. The zero-order chi connectivity index (χ0) is 15.6. The summed E-state index contributed by atoms with van der Waals surface area (Å²) in [6, 6.07) is 7.79. The highest BCUT2D eigenvalue weighted by Gasteiger charge is 2.22. The van der Waals surface area contributed by atoms with Crippen LogP contribution in [0, 0.1) is 6.92 Å². The SMILES string of the molecule is COc1ccccc1S(=O)(=O)Cc1cc(C(=O)O)sc1C. The van der Waals surface area contributed by atoms with Gasteiger partial charge >= 0.3 is 5.97 Å². The Morgan fingerprint density at radius 1 is 1.33 bits per heavy atom. The third kappa shape index (κ3) is 3.25. The van der Waals surface area contributed by atoms with Crippen molar-refractivity contribution in [2.45, 2.75) is 17.6 Å². The third-order valence-electron chi connectivity index (χ3n) is 2.98. The summed E-state index contributed by atoms with van der Waals surface area (Å²) in [6.45, 7) is 1.71. The largest absolute Gasteiger partial charge is 0.495 e. The maximum atomic E-state index is 12.5. The minimum atomic E-state index is -3.60. The predicted molar refractivity (Wildman–Crippen MR) is 79.9 cm³/mol. The van der Waals surface area contributed by atoms with E-state index in [0.717, 1.165) is 11.3 Å². The van der Waals surface area contributed by atoms with E-state index >= 15 is 0 Å². The lowest BCUT2D eigenvalue weighted by Crippen LogP contribution is -2.07. The van der Waals surface area contributed by atoms with Crippen LogP contribution in [0.25, 0.3) is 0 Å². The van der Waals surface area contributed by atoms with E-state index in [4.69, 9.17) is 9.84 Å². The number of hydrogen-bond acceptors (Lipinski definition) is 5. The van der Waals surface area contributed by atoms with Gasteiger partial charge in [0, 0.05) is 4.88 Å². The molecule has 0 saturated heterocycles. The molecule has 21 heavy (non-hydrogen) atoms. The van der Waals surface area contributed by atoms with Crippen LogP contribution in [0.3, 0.4) is 0 Å². The van der Waals surface area contributed by atoms with E-state index < -0.39 is 15.8 Å². The zero-order valence-corrected chi connectivity index (χ0v) is 13.1. The average molecular weight is 326 g/mol. The van der Waals surface area contributed by atoms with Crippen LogP contribution < -0.4 is 4.74 Å². The van der Waals surface area contributed by atoms with Crippen molar-refractivity contribution >= 4 is 27.1 Å². The second-order valence-electron chi connectivity index (χ2n) is 4.41. The van der Waals surface area contributed by atoms with Crippen molar-refractivity contribution in [3.05, 3.63) is 45.6 Å². The zero-order valence-electron chi connectivity index (χ0n) is 11.5. The van der Waals surface area contributed by atoms with Gasteiger partial charge in [-0.1, -0.05) is 12.1 Å². The number of methoxy groups -OCH3 is 1. The number of carbonyl (C=O) groups is 1. The molecule has 1 heterocycles. The smallest absolute Gasteiger partial charge is 0.345 e. The number of para-hydroxylation sites is 1. The van der Waals surface area contributed by atoms with Gasteiger partial charge in [0.1, 0.15) is 15.5 Å². The van der Waals surface area contributed by atoms with E-state index in [-0.39, 0.29) is 21.3 Å². The Kier molecular flexibility index (Phi) is 4.34. The normalized spacial score (nSPS) is 11.3. The van der Waals surface area contributed by atoms with Gasteiger partial charge in [0.2, 0.25) is 0 Å². The molecular formula is C14H14O5S2. The van der Waals surface area contributed by atoms with Gasteiger partial charge in [0.05, 0.1) is 12.9 Å². The molecule has 0 fully saturated rings. The first-order valence-electron chi connectivity index (χ1n) is 6.03. The Morgan fingerprint density at radius 3 is 2.57 bits per heavy atom. The van der Waals surface area contributed by atoms with Gasteiger partial charge in [0.15, 0.2) is 9.84 Å². The van der Waals surface area contributed by atoms with Crippen LogP contribution in [-0.4, -0.2) is 26.6 Å². The number of carboxylic acid groups (broad SMARTS) is 1. The monoisotopic (exact) mass is 326 g/mol. The van der Waals surface area contributed by atoms with Crippen molar-refractivity contribution in [3.8, 4) is 5.75 Å². The lowest BCUT2D eigenvalue weighted by Gasteiger charge is -2.09. The van der Waals surface area contributed by atoms with Gasteiger partial charge in [0.25, 0.3) is 0 Å². The van der Waals surface area contributed by atoms with Crippen molar-refractivity contribution < 1.29 is 23.1 Å². The second-order valence-corrected chi connectivity index (χ2v) is 7.62. The maximum absolute atomic E-state index is 12.5. The summed E-state index contributed by atoms with van der Waals surface area (Å²) in [4.78, 5) is 11.9. The first-order chi connectivity index (χ1) is 9.85. The second kappa shape index (κ2) is 5.87. The van der Waals surface area contributed by atoms with E-state index in [1.165, 1.54) is 19.2 Å². The molecule has 112 valence electrons. The molecule has 0 atom stereocenters. The summed E-state index contributed by atoms with van der Waals surface area (Å²) >= 11 is 1.07. The minimum Gasteiger partial charge on any atom is -0.495 e. The highest BCUT2D eigenvalue weighted by molar-refractivity contribution is 7.90. The van der Waals surface area contributed by atoms with E-state index in [1.807, 2.05) is 0 Å². The van der Waals surface area contributed by atoms with E-state index in [0.29, 0.717) is 10.4 Å². The van der Waals surface area contributed by atoms with Gasteiger partial charge in [-0.3, -0.25) is 0 Å². The standard InChI is InChI=1S/C14H14O5S2/c1-9-10(7-12(20-9)14(15)16)8-21(17,18)13-6-4-3-5-11(13)19-2/h3-7H,8H2,1-2H3,(H,15,16). The summed E-state index contributed by atoms with van der Waals surface area (Å²) in [5.74, 6) is -1.02. The molecule has 0 aliphatic carbocycles. The van der Waals surface area contributed by atoms with Crippen LogP contribution >= 0.6 is 11.3 Å². The number of carboxylic acids is 1. The number of hydrogen-bond donors (Lipinski definition) is 1. The van der Waals surface area contributed by atoms with Gasteiger partial charge in [-0.25, -0.2) is 13.2 Å². The molecular weight excluding hydrogens is 312 g/mol. The fourth-order valence-electron chi connectivity index (χ4n) is 1.93. The fraction of sp³-hybridized carbons (Fsp3) is 0.214. The molecule has 0 amide bonds. The molecule has 0 radical (unpaired) electrons. The van der Waals surface area contributed by atoms with Crippen molar-refractivity contribution in [1.29, 1.82) is 0 Å². The Balaban J connectivity index is 2.40. The molecule has 0 spiro atoms. The summed E-state index contributed by atoms with van der Waals surface area (Å²) in [6.07, 6.45) is 0. The molecule has 2 rings (SSSR count). The van der Waals surface area contributed by atoms with Crippen LogP contribution in [0.4, 0.5) is 0 Å². The molecule has 0 unspecified atom stereocenters. The Hall–Kier alpha value is -1.86. The quantitative estimate of drug-likeness (QED) is 0.914. The molecule has 0 bridgehead atoms. The fourth-order valence-corrected chi connectivity index (χ4v) is 4.51. The molecule has 1 N–H and O–H groups in total. The summed E-state index contributed by atoms with van der Waals surface area (Å²) in [5, 5.41) is 8.96. The van der Waals surface area contributed by atoms with E-state index in [9.17, 15) is 13.2 Å². The highest BCUT2D eigenvalue weighted by Crippen LogP contribution is 2.29. The summed E-state index contributed by atoms with van der Waals surface area (Å²) < 4.78 is 30.1. The number of ether oxygens (including phenoxy) is 1. The Morgan fingerprint density at radius 2 is 2.00 bits per heavy atom. The topological polar surface area (TPSA) is 80.7 Å². The molecule has 2 aromatic rings. The van der Waals surface area contributed by atoms with Crippen LogP contribution in [0.2, 0.25) is 0 Å². The lowest BCUT2D eigenvalue weighted by molar-refractivity contribution is 0.0702. The molecule has 0 aliphatic rings. The van der Waals surface area contributed by atoms with E-state index in [2.05, 4.69) is 0 Å². The van der Waals surface area contributed by atoms with Gasteiger partial charge in [-0.15, -0.1) is 11.3 Å². The first kappa shape index (κ1) is 15.5. The minimum absolute atomic E-state index is 0.106. The molecule has 5 nitrogen and oxygen atoms in total. The van der Waals surface area contributed by atoms with Crippen molar-refractivity contribution in [2.75, 3.05) is 7.11 Å². The number of thiophene rings is 1. The van der Waals surface area contributed by atoms with Crippen LogP contribution in [0.5, 0.6) is 5.75 Å². The Bertz CT molecular complexity index is 774. The molecule has 7 heteroatoms. The molecule has 1 aromatic heterocycles.